The van der Waals surface area contributed by atoms with Crippen molar-refractivity contribution in [2.24, 2.45) is 5.10 Å². The number of ether oxygens (including phenoxy) is 1. The van der Waals surface area contributed by atoms with E-state index in [0.29, 0.717) is 16.8 Å². The van der Waals surface area contributed by atoms with Crippen LogP contribution >= 0.6 is 11.6 Å². The number of rotatable bonds is 4. The van der Waals surface area contributed by atoms with Crippen molar-refractivity contribution in [1.82, 2.24) is 0 Å². The summed E-state index contributed by atoms with van der Waals surface area (Å²) in [6.07, 6.45) is 1.48. The number of carbonyl (C=O) groups is 2. The zero-order valence-electron chi connectivity index (χ0n) is 11.8. The van der Waals surface area contributed by atoms with Gasteiger partial charge in [-0.3, -0.25) is 4.79 Å². The summed E-state index contributed by atoms with van der Waals surface area (Å²) in [7, 11) is 1.32. The Balaban J connectivity index is 2.18. The molecule has 0 heterocycles. The fraction of sp³-hybridized carbons (Fsp3) is 0.0625. The SMILES string of the molecule is COC(=O)c1ccc(/C=N\N(C(=O)Cl)c2ccccc2)cc1. The fourth-order valence-electron chi connectivity index (χ4n) is 1.73. The maximum Gasteiger partial charge on any atom is 0.341 e. The predicted octanol–water partition coefficient (Wildman–Crippen LogP) is 3.67. The standard InChI is InChI=1S/C16H13ClN2O3/c1-22-15(20)13-9-7-12(8-10-13)11-18-19(16(17)21)14-5-3-2-4-6-14/h2-11H,1H3/b18-11-. The molecule has 112 valence electrons. The van der Waals surface area contributed by atoms with Crippen molar-refractivity contribution in [2.75, 3.05) is 12.1 Å². The van der Waals surface area contributed by atoms with Crippen molar-refractivity contribution in [3.05, 3.63) is 65.7 Å². The van der Waals surface area contributed by atoms with Crippen LogP contribution in [0, 0.1) is 0 Å². The molecule has 0 saturated heterocycles. The molecule has 2 aromatic rings. The summed E-state index contributed by atoms with van der Waals surface area (Å²) in [6.45, 7) is 0. The van der Waals surface area contributed by atoms with Crippen molar-refractivity contribution in [3.63, 3.8) is 0 Å². The average molecular weight is 317 g/mol. The molecule has 0 saturated carbocycles. The van der Waals surface area contributed by atoms with Crippen molar-refractivity contribution >= 4 is 34.8 Å². The Kier molecular flexibility index (Phi) is 5.27. The zero-order chi connectivity index (χ0) is 15.9. The van der Waals surface area contributed by atoms with E-state index in [1.165, 1.54) is 13.3 Å². The van der Waals surface area contributed by atoms with Crippen LogP contribution in [0.4, 0.5) is 10.5 Å². The molecule has 0 aliphatic carbocycles. The summed E-state index contributed by atoms with van der Waals surface area (Å²) < 4.78 is 4.62. The first-order valence-electron chi connectivity index (χ1n) is 6.39. The minimum Gasteiger partial charge on any atom is -0.465 e. The van der Waals surface area contributed by atoms with Crippen LogP contribution in [0.1, 0.15) is 15.9 Å². The highest BCUT2D eigenvalue weighted by molar-refractivity contribution is 6.66. The number of hydrogen-bond donors (Lipinski definition) is 0. The van der Waals surface area contributed by atoms with E-state index in [1.54, 1.807) is 48.5 Å². The molecule has 0 bridgehead atoms. The van der Waals surface area contributed by atoms with Gasteiger partial charge in [0.25, 0.3) is 0 Å². The fourth-order valence-corrected chi connectivity index (χ4v) is 1.87. The summed E-state index contributed by atoms with van der Waals surface area (Å²) in [4.78, 5) is 22.8. The third kappa shape index (κ3) is 3.93. The number of hydrazone groups is 1. The van der Waals surface area contributed by atoms with E-state index in [1.807, 2.05) is 6.07 Å². The first kappa shape index (κ1) is 15.7. The highest BCUT2D eigenvalue weighted by Gasteiger charge is 2.11. The van der Waals surface area contributed by atoms with Crippen molar-refractivity contribution in [2.45, 2.75) is 0 Å². The average Bonchev–Trinajstić information content (AvgIpc) is 2.55. The summed E-state index contributed by atoms with van der Waals surface area (Å²) in [6, 6.07) is 15.4. The Hall–Kier alpha value is -2.66. The summed E-state index contributed by atoms with van der Waals surface area (Å²) >= 11 is 5.54. The number of benzene rings is 2. The van der Waals surface area contributed by atoms with Gasteiger partial charge in [0.05, 0.1) is 24.6 Å². The van der Waals surface area contributed by atoms with Gasteiger partial charge < -0.3 is 4.74 Å². The lowest BCUT2D eigenvalue weighted by molar-refractivity contribution is 0.0600. The predicted molar refractivity (Wildman–Crippen MR) is 85.5 cm³/mol. The zero-order valence-corrected chi connectivity index (χ0v) is 12.5. The molecule has 0 spiro atoms. The van der Waals surface area contributed by atoms with Crippen LogP contribution in [0.15, 0.2) is 59.7 Å². The van der Waals surface area contributed by atoms with Gasteiger partial charge in [-0.1, -0.05) is 30.3 Å². The van der Waals surface area contributed by atoms with E-state index in [9.17, 15) is 9.59 Å². The summed E-state index contributed by atoms with van der Waals surface area (Å²) in [5, 5.41) is 4.43. The molecule has 0 aliphatic rings. The number of hydrogen-bond acceptors (Lipinski definition) is 4. The van der Waals surface area contributed by atoms with Crippen LogP contribution in [-0.2, 0) is 4.74 Å². The van der Waals surface area contributed by atoms with Gasteiger partial charge in [-0.15, -0.1) is 0 Å². The molecule has 6 heteroatoms. The van der Waals surface area contributed by atoms with E-state index in [0.717, 1.165) is 5.01 Å². The van der Waals surface area contributed by atoms with Gasteiger partial charge in [-0.25, -0.2) is 4.79 Å². The van der Waals surface area contributed by atoms with Gasteiger partial charge in [-0.2, -0.15) is 10.1 Å². The lowest BCUT2D eigenvalue weighted by Crippen LogP contribution is -2.19. The van der Waals surface area contributed by atoms with Gasteiger partial charge in [-0.05, 0) is 41.4 Å². The van der Waals surface area contributed by atoms with Crippen LogP contribution in [0.5, 0.6) is 0 Å². The minimum absolute atomic E-state index is 0.412. The second-order valence-corrected chi connectivity index (χ2v) is 4.58. The van der Waals surface area contributed by atoms with Crippen LogP contribution in [-0.4, -0.2) is 24.7 Å². The highest BCUT2D eigenvalue weighted by Crippen LogP contribution is 2.16. The van der Waals surface area contributed by atoms with E-state index >= 15 is 0 Å². The molecule has 0 aliphatic heterocycles. The third-order valence-corrected chi connectivity index (χ3v) is 2.98. The van der Waals surface area contributed by atoms with E-state index in [2.05, 4.69) is 9.84 Å². The Morgan fingerprint density at radius 1 is 1.09 bits per heavy atom. The molecule has 0 N–H and O–H groups in total. The van der Waals surface area contributed by atoms with E-state index in [-0.39, 0.29) is 0 Å². The molecular formula is C16H13ClN2O3. The molecule has 22 heavy (non-hydrogen) atoms. The van der Waals surface area contributed by atoms with Crippen molar-refractivity contribution < 1.29 is 14.3 Å². The molecule has 2 aromatic carbocycles. The van der Waals surface area contributed by atoms with Gasteiger partial charge >= 0.3 is 11.3 Å². The smallest absolute Gasteiger partial charge is 0.341 e. The minimum atomic E-state index is -0.714. The maximum absolute atomic E-state index is 11.5. The Bertz CT molecular complexity index is 684. The topological polar surface area (TPSA) is 59.0 Å². The third-order valence-electron chi connectivity index (χ3n) is 2.82. The summed E-state index contributed by atoms with van der Waals surface area (Å²) in [5.41, 5.74) is 1.71. The van der Waals surface area contributed by atoms with E-state index in [4.69, 9.17) is 11.6 Å². The highest BCUT2D eigenvalue weighted by atomic mass is 35.5. The number of carbonyl (C=O) groups excluding carboxylic acids is 2. The first-order valence-corrected chi connectivity index (χ1v) is 6.76. The number of nitrogens with zero attached hydrogens (tertiary/aromatic N) is 2. The molecule has 0 aromatic heterocycles. The maximum atomic E-state index is 11.5. The first-order chi connectivity index (χ1) is 10.6. The van der Waals surface area contributed by atoms with Crippen molar-refractivity contribution in [3.8, 4) is 0 Å². The number of anilines is 1. The normalized spacial score (nSPS) is 10.5. The second-order valence-electron chi connectivity index (χ2n) is 4.26. The van der Waals surface area contributed by atoms with E-state index < -0.39 is 11.3 Å². The number of para-hydroxylation sites is 1. The quantitative estimate of drug-likeness (QED) is 0.284. The second kappa shape index (κ2) is 7.38. The van der Waals surface area contributed by atoms with Gasteiger partial charge in [0.2, 0.25) is 0 Å². The lowest BCUT2D eigenvalue weighted by Gasteiger charge is -2.12. The number of methoxy groups -OCH3 is 1. The van der Waals surface area contributed by atoms with Crippen LogP contribution in [0.3, 0.4) is 0 Å². The van der Waals surface area contributed by atoms with Crippen LogP contribution in [0.25, 0.3) is 0 Å². The molecule has 0 atom stereocenters. The molecule has 0 radical (unpaired) electrons. The van der Waals surface area contributed by atoms with Crippen molar-refractivity contribution in [1.29, 1.82) is 0 Å². The monoisotopic (exact) mass is 316 g/mol. The molecule has 0 fully saturated rings. The summed E-state index contributed by atoms with van der Waals surface area (Å²) in [5.74, 6) is -0.412. The van der Waals surface area contributed by atoms with Gasteiger partial charge in [0.15, 0.2) is 0 Å². The largest absolute Gasteiger partial charge is 0.465 e. The number of halogens is 1. The van der Waals surface area contributed by atoms with Crippen LogP contribution < -0.4 is 5.01 Å². The molecule has 5 nitrogen and oxygen atoms in total. The Morgan fingerprint density at radius 3 is 2.27 bits per heavy atom. The van der Waals surface area contributed by atoms with Crippen LogP contribution in [0.2, 0.25) is 0 Å². The Labute approximate surface area is 132 Å². The lowest BCUT2D eigenvalue weighted by atomic mass is 10.1. The molecule has 2 rings (SSSR count). The Morgan fingerprint density at radius 2 is 1.73 bits per heavy atom. The molecule has 0 unspecified atom stereocenters. The molecular weight excluding hydrogens is 304 g/mol. The van der Waals surface area contributed by atoms with Gasteiger partial charge in [0, 0.05) is 0 Å². The molecule has 1 amide bonds. The van der Waals surface area contributed by atoms with Gasteiger partial charge in [0.1, 0.15) is 0 Å². The number of esters is 1. The number of amides is 1.